The van der Waals surface area contributed by atoms with Crippen molar-refractivity contribution in [2.24, 2.45) is 0 Å². The molecule has 0 N–H and O–H groups in total. The fourth-order valence-electron chi connectivity index (χ4n) is 16.2. The number of nitrogens with zero attached hydrogens (tertiary/aromatic N) is 6. The maximum Gasteiger partial charge on any atom is 0.297 e. The molecule has 0 bridgehead atoms. The van der Waals surface area contributed by atoms with E-state index in [-0.39, 0.29) is 69.5 Å². The van der Waals surface area contributed by atoms with Crippen LogP contribution in [0.3, 0.4) is 0 Å². The van der Waals surface area contributed by atoms with E-state index in [2.05, 4.69) is 107 Å². The van der Waals surface area contributed by atoms with Crippen molar-refractivity contribution in [3.63, 3.8) is 0 Å². The van der Waals surface area contributed by atoms with E-state index in [1.165, 1.54) is 0 Å². The van der Waals surface area contributed by atoms with Crippen LogP contribution in [0, 0.1) is 0 Å². The average Bonchev–Trinajstić information content (AvgIpc) is 1.67. The van der Waals surface area contributed by atoms with Gasteiger partial charge in [0.05, 0.1) is 48.7 Å². The van der Waals surface area contributed by atoms with Crippen molar-refractivity contribution < 1.29 is 34.9 Å². The van der Waals surface area contributed by atoms with Crippen molar-refractivity contribution in [2.75, 3.05) is 29.4 Å². The number of hydrogen-bond donors (Lipinski definition) is 0. The maximum absolute atomic E-state index is 10.5. The highest BCUT2D eigenvalue weighted by atomic mass is 16.3. The lowest BCUT2D eigenvalue weighted by Crippen LogP contribution is -2.61. The second-order valence-electron chi connectivity index (χ2n) is 33.5. The molecule has 14 aromatic carbocycles. The van der Waals surface area contributed by atoms with Crippen molar-refractivity contribution in [2.45, 2.75) is 105 Å². The number of furan rings is 2. The van der Waals surface area contributed by atoms with E-state index in [1.54, 1.807) is 0 Å². The first-order valence-corrected chi connectivity index (χ1v) is 38.6. The summed E-state index contributed by atoms with van der Waals surface area (Å²) in [5, 5.41) is 1.22. The molecule has 556 valence electrons. The third-order valence-corrected chi connectivity index (χ3v) is 21.9. The summed E-state index contributed by atoms with van der Waals surface area (Å²) >= 11 is 0. The molecule has 0 atom stereocenters. The maximum atomic E-state index is 10.5. The van der Waals surface area contributed by atoms with Gasteiger partial charge in [-0.2, -0.15) is 0 Å². The zero-order valence-corrected chi connectivity index (χ0v) is 65.5. The number of rotatable bonds is 10. The van der Waals surface area contributed by atoms with Gasteiger partial charge in [-0.3, -0.25) is 0 Å². The Kier molecular flexibility index (Phi) is 12.8. The molecule has 0 radical (unpaired) electrons. The Bertz CT molecular complexity index is 7370. The number of fused-ring (bicyclic) bond motifs is 12. The van der Waals surface area contributed by atoms with Crippen molar-refractivity contribution in [3.05, 3.63) is 362 Å². The Morgan fingerprint density at radius 2 is 0.632 bits per heavy atom. The third-order valence-electron chi connectivity index (χ3n) is 21.9. The van der Waals surface area contributed by atoms with E-state index in [1.807, 2.05) is 225 Å². The Hall–Kier alpha value is -12.9. The van der Waals surface area contributed by atoms with Crippen LogP contribution in [0.4, 0.5) is 102 Å². The quantitative estimate of drug-likeness (QED) is 0.126. The lowest BCUT2D eigenvalue weighted by molar-refractivity contribution is 0.590. The van der Waals surface area contributed by atoms with Gasteiger partial charge in [0.1, 0.15) is 11.2 Å². The standard InChI is InChI=1S/2C52H46BN3O/c2*1-51(2,3)35-27-30-47-42(31-35)49-50(57-47)53-43-29-28-41(54(37-19-11-7-12-20-37)38-21-13-8-14-22-38)34-44(43)55(39-23-15-9-16-24-39)45-32-36(52(4,5)6)33-46(48(45)53)56(49)40-25-17-10-18-26-40/h2*7-34H,1-6H3/i7D,8D,11D,12D,13D,14D,19D,20D,21D,22D,28D,29D,34D;27D,28D,29D,30D,31D,34D. The highest BCUT2D eigenvalue weighted by Crippen LogP contribution is 2.53. The van der Waals surface area contributed by atoms with Crippen LogP contribution in [0.15, 0.2) is 348 Å². The number of benzene rings is 14. The molecule has 0 fully saturated rings. The molecule has 4 aliphatic heterocycles. The van der Waals surface area contributed by atoms with Crippen LogP contribution >= 0.6 is 0 Å². The SMILES string of the molecule is [2H]c1c([2H])c(N(c2ccccc2)c2ccccc2)c([2H])c2c1B1c3oc4c([2H])c([2H])c(C(C)(C)C)c([2H])c4c3N(c3ccccc3)c3cc(C(C)(C)C)cc(c31)N2c1ccccc1.[2H]c1c([2H])c([2H])c(N(c2c([2H])c([2H])c([2H])c([2H])c2[2H])c2c([2H])c([2H])c3c(c2[2H])N(c2ccccc2)c2cc(C(C)(C)C)cc4c2B3c2oc3ccc(C(C)(C)C)cc3c2N4c2ccccc2)c([2H])c1[2H]. The largest absolute Gasteiger partial charge is 0.468 e. The van der Waals surface area contributed by atoms with Crippen molar-refractivity contribution in [1.29, 1.82) is 0 Å². The van der Waals surface area contributed by atoms with Crippen molar-refractivity contribution in [1.82, 2.24) is 0 Å². The fraction of sp³-hybridized carbons (Fsp3) is 0.154. The van der Waals surface area contributed by atoms with Crippen molar-refractivity contribution >= 4 is 171 Å². The lowest BCUT2D eigenvalue weighted by Gasteiger charge is -2.43. The third kappa shape index (κ3) is 12.2. The van der Waals surface area contributed by atoms with Crippen LogP contribution in [0.1, 0.15) is 131 Å². The number of hydrogen-bond acceptors (Lipinski definition) is 8. The first-order chi connectivity index (χ1) is 63.1. The summed E-state index contributed by atoms with van der Waals surface area (Å²) in [6, 6.07) is 63.4. The van der Waals surface area contributed by atoms with Gasteiger partial charge in [0.2, 0.25) is 0 Å². The van der Waals surface area contributed by atoms with Crippen LogP contribution in [0.5, 0.6) is 0 Å². The molecule has 4 aliphatic rings. The van der Waals surface area contributed by atoms with Gasteiger partial charge in [-0.1, -0.05) is 253 Å². The summed E-state index contributed by atoms with van der Waals surface area (Å²) < 4.78 is 193. The summed E-state index contributed by atoms with van der Waals surface area (Å²) in [5.41, 5.74) is 13.1. The molecule has 2 aromatic heterocycles. The van der Waals surface area contributed by atoms with Gasteiger partial charge in [-0.05, 0) is 235 Å². The second-order valence-corrected chi connectivity index (χ2v) is 33.5. The molecule has 6 heterocycles. The lowest BCUT2D eigenvalue weighted by atomic mass is 9.35. The Morgan fingerprint density at radius 1 is 0.281 bits per heavy atom. The van der Waals surface area contributed by atoms with Gasteiger partial charge in [0.25, 0.3) is 13.4 Å². The molecule has 0 saturated carbocycles. The first kappa shape index (κ1) is 53.1. The van der Waals surface area contributed by atoms with Crippen LogP contribution in [0.25, 0.3) is 21.9 Å². The summed E-state index contributed by atoms with van der Waals surface area (Å²) in [6.07, 6.45) is 0. The molecule has 0 unspecified atom stereocenters. The summed E-state index contributed by atoms with van der Waals surface area (Å²) in [5.74, 6) is 0. The summed E-state index contributed by atoms with van der Waals surface area (Å²) in [7, 11) is 0. The van der Waals surface area contributed by atoms with E-state index in [0.29, 0.717) is 61.8 Å². The second kappa shape index (κ2) is 27.5. The van der Waals surface area contributed by atoms with E-state index in [9.17, 15) is 17.8 Å². The minimum atomic E-state index is -0.931. The summed E-state index contributed by atoms with van der Waals surface area (Å²) in [6.45, 7) is 23.4. The van der Waals surface area contributed by atoms with Gasteiger partial charge >= 0.3 is 0 Å². The van der Waals surface area contributed by atoms with Crippen LogP contribution in [-0.4, -0.2) is 13.4 Å². The minimum absolute atomic E-state index is 0.0560. The highest BCUT2D eigenvalue weighted by molar-refractivity contribution is 7.00. The monoisotopic (exact) mass is 1500 g/mol. The van der Waals surface area contributed by atoms with E-state index in [4.69, 9.17) is 17.1 Å². The first-order valence-electron chi connectivity index (χ1n) is 48.1. The zero-order chi connectivity index (χ0) is 94.6. The Labute approximate surface area is 698 Å². The van der Waals surface area contributed by atoms with E-state index in [0.717, 1.165) is 83.4 Å². The molecular formula is C104H92B2N6O2. The topological polar surface area (TPSA) is 45.7 Å². The normalized spacial score (nSPS) is 15.7. The predicted molar refractivity (Wildman–Crippen MR) is 485 cm³/mol. The summed E-state index contributed by atoms with van der Waals surface area (Å²) in [4.78, 5) is 10.9. The zero-order valence-electron chi connectivity index (χ0n) is 84.5. The van der Waals surface area contributed by atoms with Gasteiger partial charge in [-0.15, -0.1) is 0 Å². The van der Waals surface area contributed by atoms with Gasteiger partial charge in [0.15, 0.2) is 0 Å². The molecule has 10 heteroatoms. The molecule has 16 aromatic rings. The van der Waals surface area contributed by atoms with Crippen molar-refractivity contribution in [3.8, 4) is 0 Å². The molecular weight excluding hydrogens is 1390 g/mol. The molecule has 114 heavy (non-hydrogen) atoms. The van der Waals surface area contributed by atoms with Gasteiger partial charge in [-0.25, -0.2) is 0 Å². The molecule has 0 saturated heterocycles. The Morgan fingerprint density at radius 3 is 1.03 bits per heavy atom. The predicted octanol–water partition coefficient (Wildman–Crippen LogP) is 25.2. The highest BCUT2D eigenvalue weighted by Gasteiger charge is 2.50. The van der Waals surface area contributed by atoms with Gasteiger partial charge in [0, 0.05) is 102 Å². The molecule has 0 spiro atoms. The molecule has 8 nitrogen and oxygen atoms in total. The molecule has 0 amide bonds. The smallest absolute Gasteiger partial charge is 0.297 e. The van der Waals surface area contributed by atoms with E-state index < -0.39 is 120 Å². The van der Waals surface area contributed by atoms with Crippen LogP contribution < -0.4 is 62.6 Å². The van der Waals surface area contributed by atoms with Crippen LogP contribution in [-0.2, 0) is 21.7 Å². The number of anilines is 18. The van der Waals surface area contributed by atoms with Gasteiger partial charge < -0.3 is 38.2 Å². The molecule has 20 rings (SSSR count). The minimum Gasteiger partial charge on any atom is -0.468 e. The average molecular weight is 1500 g/mol. The van der Waals surface area contributed by atoms with E-state index >= 15 is 0 Å². The van der Waals surface area contributed by atoms with Crippen LogP contribution in [0.2, 0.25) is 0 Å². The number of para-hydroxylation sites is 8. The Balaban J connectivity index is 0.000000172. The molecule has 0 aliphatic carbocycles. The fourth-order valence-corrected chi connectivity index (χ4v) is 16.2.